The lowest BCUT2D eigenvalue weighted by atomic mass is 10.1. The van der Waals surface area contributed by atoms with Gasteiger partial charge in [0.15, 0.2) is 0 Å². The topological polar surface area (TPSA) is 88.3 Å². The first-order valence-corrected chi connectivity index (χ1v) is 6.62. The molecule has 0 atom stereocenters. The van der Waals surface area contributed by atoms with Crippen molar-refractivity contribution in [3.05, 3.63) is 63.1 Å². The molecule has 1 aromatic heterocycles. The number of benzene rings is 1. The number of pyridine rings is 1. The zero-order valence-corrected chi connectivity index (χ0v) is 12.5. The Bertz CT molecular complexity index is 793. The van der Waals surface area contributed by atoms with Gasteiger partial charge in [0, 0.05) is 11.4 Å². The second kappa shape index (κ2) is 6.26. The van der Waals surface area contributed by atoms with E-state index in [4.69, 9.17) is 0 Å². The fourth-order valence-electron chi connectivity index (χ4n) is 2.03. The van der Waals surface area contributed by atoms with Crippen molar-refractivity contribution >= 4 is 17.6 Å². The van der Waals surface area contributed by atoms with Crippen molar-refractivity contribution in [1.82, 2.24) is 4.98 Å². The molecule has 0 saturated heterocycles. The summed E-state index contributed by atoms with van der Waals surface area (Å²) >= 11 is 0. The molecule has 0 aliphatic heterocycles. The maximum absolute atomic E-state index is 12.2. The number of amides is 1. The summed E-state index contributed by atoms with van der Waals surface area (Å²) in [5.74, 6) is -1.20. The number of aromatic nitrogens is 1. The number of rotatable bonds is 3. The zero-order valence-electron chi connectivity index (χ0n) is 12.5. The van der Waals surface area contributed by atoms with Crippen LogP contribution in [0.1, 0.15) is 32.0 Å². The highest BCUT2D eigenvalue weighted by Crippen LogP contribution is 2.12. The van der Waals surface area contributed by atoms with Crippen molar-refractivity contribution < 1.29 is 14.3 Å². The molecule has 0 aliphatic rings. The summed E-state index contributed by atoms with van der Waals surface area (Å²) in [5.41, 5.74) is 1.35. The molecule has 0 aliphatic carbocycles. The SMILES string of the molecule is COC(=O)c1cc(C(=O)Nc2cccc(C)c2)c(=O)[nH]c1C. The summed E-state index contributed by atoms with van der Waals surface area (Å²) in [6.07, 6.45) is 0. The van der Waals surface area contributed by atoms with Crippen LogP contribution in [-0.2, 0) is 4.74 Å². The van der Waals surface area contributed by atoms with Gasteiger partial charge in [0.2, 0.25) is 0 Å². The van der Waals surface area contributed by atoms with Crippen molar-refractivity contribution in [1.29, 1.82) is 0 Å². The number of H-pyrrole nitrogens is 1. The van der Waals surface area contributed by atoms with Gasteiger partial charge in [-0.15, -0.1) is 0 Å². The second-order valence-corrected chi connectivity index (χ2v) is 4.87. The van der Waals surface area contributed by atoms with Crippen molar-refractivity contribution in [3.63, 3.8) is 0 Å². The molecule has 114 valence electrons. The molecule has 1 heterocycles. The minimum Gasteiger partial charge on any atom is -0.465 e. The molecule has 0 unspecified atom stereocenters. The molecule has 0 fully saturated rings. The van der Waals surface area contributed by atoms with E-state index in [9.17, 15) is 14.4 Å². The highest BCUT2D eigenvalue weighted by molar-refractivity contribution is 6.05. The van der Waals surface area contributed by atoms with Gasteiger partial charge in [0.25, 0.3) is 11.5 Å². The summed E-state index contributed by atoms with van der Waals surface area (Å²) in [4.78, 5) is 38.3. The molecular formula is C16H16N2O4. The number of nitrogens with one attached hydrogen (secondary N) is 2. The molecule has 2 N–H and O–H groups in total. The van der Waals surface area contributed by atoms with E-state index in [-0.39, 0.29) is 11.1 Å². The number of anilines is 1. The Kier molecular flexibility index (Phi) is 4.41. The van der Waals surface area contributed by atoms with Gasteiger partial charge in [0.1, 0.15) is 5.56 Å². The number of hydrogen-bond donors (Lipinski definition) is 2. The monoisotopic (exact) mass is 300 g/mol. The number of carbonyl (C=O) groups is 2. The lowest BCUT2D eigenvalue weighted by Gasteiger charge is -2.08. The molecule has 0 bridgehead atoms. The largest absolute Gasteiger partial charge is 0.465 e. The summed E-state index contributed by atoms with van der Waals surface area (Å²) in [7, 11) is 1.24. The molecule has 2 aromatic rings. The van der Waals surface area contributed by atoms with Gasteiger partial charge in [-0.05, 0) is 37.6 Å². The van der Waals surface area contributed by atoms with Crippen molar-refractivity contribution in [3.8, 4) is 0 Å². The fourth-order valence-corrected chi connectivity index (χ4v) is 2.03. The molecule has 0 spiro atoms. The van der Waals surface area contributed by atoms with Crippen LogP contribution in [0, 0.1) is 13.8 Å². The maximum atomic E-state index is 12.2. The minimum atomic E-state index is -0.613. The van der Waals surface area contributed by atoms with Crippen LogP contribution in [0.15, 0.2) is 35.1 Å². The van der Waals surface area contributed by atoms with Crippen LogP contribution in [0.3, 0.4) is 0 Å². The van der Waals surface area contributed by atoms with Crippen LogP contribution in [0.25, 0.3) is 0 Å². The Labute approximate surface area is 127 Å². The molecule has 0 radical (unpaired) electrons. The second-order valence-electron chi connectivity index (χ2n) is 4.87. The Morgan fingerprint density at radius 3 is 2.50 bits per heavy atom. The fraction of sp³-hybridized carbons (Fsp3) is 0.188. The third-order valence-corrected chi connectivity index (χ3v) is 3.16. The smallest absolute Gasteiger partial charge is 0.339 e. The van der Waals surface area contributed by atoms with E-state index in [1.165, 1.54) is 13.2 Å². The number of aromatic amines is 1. The number of carbonyl (C=O) groups excluding carboxylic acids is 2. The van der Waals surface area contributed by atoms with Gasteiger partial charge in [-0.3, -0.25) is 9.59 Å². The van der Waals surface area contributed by atoms with Crippen LogP contribution in [0.4, 0.5) is 5.69 Å². The summed E-state index contributed by atoms with van der Waals surface area (Å²) in [6.45, 7) is 3.46. The molecule has 1 aromatic carbocycles. The molecule has 2 rings (SSSR count). The summed E-state index contributed by atoms with van der Waals surface area (Å²) < 4.78 is 4.63. The standard InChI is InChI=1S/C16H16N2O4/c1-9-5-4-6-11(7-9)18-15(20)13-8-12(16(21)22-3)10(2)17-14(13)19/h4-8H,1-3H3,(H,17,19)(H,18,20). The Morgan fingerprint density at radius 2 is 1.86 bits per heavy atom. The highest BCUT2D eigenvalue weighted by Gasteiger charge is 2.17. The lowest BCUT2D eigenvalue weighted by Crippen LogP contribution is -2.25. The van der Waals surface area contributed by atoms with Gasteiger partial charge < -0.3 is 15.0 Å². The first-order chi connectivity index (χ1) is 10.4. The van der Waals surface area contributed by atoms with E-state index < -0.39 is 17.4 Å². The van der Waals surface area contributed by atoms with Crippen LogP contribution < -0.4 is 10.9 Å². The van der Waals surface area contributed by atoms with E-state index in [2.05, 4.69) is 15.0 Å². The lowest BCUT2D eigenvalue weighted by molar-refractivity contribution is 0.0599. The number of esters is 1. The van der Waals surface area contributed by atoms with Gasteiger partial charge in [0.05, 0.1) is 12.7 Å². The molecular weight excluding hydrogens is 284 g/mol. The summed E-state index contributed by atoms with van der Waals surface area (Å²) in [5, 5.41) is 2.63. The molecule has 22 heavy (non-hydrogen) atoms. The third kappa shape index (κ3) is 3.22. The minimum absolute atomic E-state index is 0.146. The van der Waals surface area contributed by atoms with Gasteiger partial charge in [-0.25, -0.2) is 4.79 Å². The first-order valence-electron chi connectivity index (χ1n) is 6.62. The molecule has 6 heteroatoms. The van der Waals surface area contributed by atoms with Crippen molar-refractivity contribution in [2.24, 2.45) is 0 Å². The van der Waals surface area contributed by atoms with Gasteiger partial charge >= 0.3 is 5.97 Å². The van der Waals surface area contributed by atoms with E-state index in [0.29, 0.717) is 11.4 Å². The van der Waals surface area contributed by atoms with E-state index in [1.807, 2.05) is 13.0 Å². The average molecular weight is 300 g/mol. The third-order valence-electron chi connectivity index (χ3n) is 3.16. The summed E-state index contributed by atoms with van der Waals surface area (Å²) in [6, 6.07) is 8.43. The maximum Gasteiger partial charge on any atom is 0.339 e. The van der Waals surface area contributed by atoms with Crippen molar-refractivity contribution in [2.75, 3.05) is 12.4 Å². The van der Waals surface area contributed by atoms with Gasteiger partial charge in [-0.2, -0.15) is 0 Å². The Hall–Kier alpha value is -2.89. The van der Waals surface area contributed by atoms with Crippen LogP contribution in [0.2, 0.25) is 0 Å². The first kappa shape index (κ1) is 15.5. The number of methoxy groups -OCH3 is 1. The van der Waals surface area contributed by atoms with Crippen molar-refractivity contribution in [2.45, 2.75) is 13.8 Å². The number of hydrogen-bond acceptors (Lipinski definition) is 4. The van der Waals surface area contributed by atoms with Crippen LogP contribution in [-0.4, -0.2) is 24.0 Å². The number of aryl methyl sites for hydroxylation is 2. The van der Waals surface area contributed by atoms with Crippen LogP contribution >= 0.6 is 0 Å². The van der Waals surface area contributed by atoms with Crippen LogP contribution in [0.5, 0.6) is 0 Å². The normalized spacial score (nSPS) is 10.1. The van der Waals surface area contributed by atoms with E-state index >= 15 is 0 Å². The molecule has 6 nitrogen and oxygen atoms in total. The predicted molar refractivity (Wildman–Crippen MR) is 82.3 cm³/mol. The quantitative estimate of drug-likeness (QED) is 0.849. The Balaban J connectivity index is 2.37. The highest BCUT2D eigenvalue weighted by atomic mass is 16.5. The Morgan fingerprint density at radius 1 is 1.14 bits per heavy atom. The predicted octanol–water partition coefficient (Wildman–Crippen LogP) is 2.03. The zero-order chi connectivity index (χ0) is 16.3. The molecule has 0 saturated carbocycles. The molecule has 1 amide bonds. The number of ether oxygens (including phenoxy) is 1. The van der Waals surface area contributed by atoms with Gasteiger partial charge in [-0.1, -0.05) is 12.1 Å². The van der Waals surface area contributed by atoms with E-state index in [0.717, 1.165) is 5.56 Å². The average Bonchev–Trinajstić information content (AvgIpc) is 2.46. The van der Waals surface area contributed by atoms with E-state index in [1.54, 1.807) is 25.1 Å².